The topological polar surface area (TPSA) is 32.7 Å². The molecule has 3 heteroatoms. The number of hydrogen-bond acceptors (Lipinski definition) is 2. The minimum atomic E-state index is 0.0643. The van der Waals surface area contributed by atoms with Crippen LogP contribution in [0.1, 0.15) is 40.5 Å². The van der Waals surface area contributed by atoms with Crippen LogP contribution in [0.25, 0.3) is 0 Å². The van der Waals surface area contributed by atoms with Gasteiger partial charge in [0, 0.05) is 19.6 Å². The highest BCUT2D eigenvalue weighted by Crippen LogP contribution is 2.39. The van der Waals surface area contributed by atoms with Gasteiger partial charge in [0.15, 0.2) is 0 Å². The van der Waals surface area contributed by atoms with Crippen LogP contribution >= 0.6 is 0 Å². The third kappa shape index (κ3) is 2.28. The van der Waals surface area contributed by atoms with E-state index in [0.29, 0.717) is 17.8 Å². The van der Waals surface area contributed by atoms with Crippen LogP contribution in [0.15, 0.2) is 16.8 Å². The van der Waals surface area contributed by atoms with E-state index in [1.807, 2.05) is 6.21 Å². The Morgan fingerprint density at radius 1 is 1.47 bits per heavy atom. The van der Waals surface area contributed by atoms with Crippen molar-refractivity contribution in [3.63, 3.8) is 0 Å². The second-order valence-corrected chi connectivity index (χ2v) is 5.60. The number of amides is 1. The predicted octanol–water partition coefficient (Wildman–Crippen LogP) is 2.83. The summed E-state index contributed by atoms with van der Waals surface area (Å²) in [5, 5.41) is 5.90. The molecule has 94 valence electrons. The molecule has 1 aliphatic heterocycles. The lowest BCUT2D eigenvalue weighted by molar-refractivity contribution is -0.132. The third-order valence-corrected chi connectivity index (χ3v) is 4.09. The Morgan fingerprint density at radius 2 is 2.18 bits per heavy atom. The Labute approximate surface area is 104 Å². The predicted molar refractivity (Wildman–Crippen MR) is 69.6 cm³/mol. The molecule has 4 atom stereocenters. The van der Waals surface area contributed by atoms with Crippen molar-refractivity contribution in [1.29, 1.82) is 0 Å². The van der Waals surface area contributed by atoms with Crippen LogP contribution in [0, 0.1) is 17.8 Å². The van der Waals surface area contributed by atoms with Crippen molar-refractivity contribution < 1.29 is 4.79 Å². The zero-order valence-electron chi connectivity index (χ0n) is 11.2. The molecule has 1 amide bonds. The SMILES string of the molecule is CC(=O)N1N=CC[C@@H]1[C@@H]1[C@H](C)C=C(C)C[C@@H]1C. The first-order chi connectivity index (χ1) is 8.00. The van der Waals surface area contributed by atoms with Crippen LogP contribution < -0.4 is 0 Å². The van der Waals surface area contributed by atoms with Crippen molar-refractivity contribution >= 4 is 12.1 Å². The Balaban J connectivity index is 2.20. The summed E-state index contributed by atoms with van der Waals surface area (Å²) in [6.07, 6.45) is 6.31. The fraction of sp³-hybridized carbons (Fsp3) is 0.714. The van der Waals surface area contributed by atoms with Gasteiger partial charge in [-0.25, -0.2) is 5.01 Å². The molecule has 0 saturated heterocycles. The highest BCUT2D eigenvalue weighted by molar-refractivity contribution is 5.77. The van der Waals surface area contributed by atoms with Gasteiger partial charge in [0.25, 0.3) is 0 Å². The molecule has 0 bridgehead atoms. The number of nitrogens with zero attached hydrogens (tertiary/aromatic N) is 2. The van der Waals surface area contributed by atoms with Crippen molar-refractivity contribution in [2.75, 3.05) is 0 Å². The van der Waals surface area contributed by atoms with Gasteiger partial charge >= 0.3 is 0 Å². The van der Waals surface area contributed by atoms with Crippen molar-refractivity contribution in [1.82, 2.24) is 5.01 Å². The second-order valence-electron chi connectivity index (χ2n) is 5.60. The van der Waals surface area contributed by atoms with Crippen LogP contribution in [0.3, 0.4) is 0 Å². The molecule has 1 heterocycles. The van der Waals surface area contributed by atoms with Crippen molar-refractivity contribution in [3.8, 4) is 0 Å². The first-order valence-electron chi connectivity index (χ1n) is 6.50. The summed E-state index contributed by atoms with van der Waals surface area (Å²) < 4.78 is 0. The van der Waals surface area contributed by atoms with Crippen molar-refractivity contribution in [3.05, 3.63) is 11.6 Å². The standard InChI is InChI=1S/C14H22N2O/c1-9-7-10(2)14(11(3)8-9)13-5-6-15-16(13)12(4)17/h6-7,10-11,13-14H,5,8H2,1-4H3/t10-,11+,13-,14-/m1/s1. The number of carbonyl (C=O) groups is 1. The fourth-order valence-corrected chi connectivity index (χ4v) is 3.58. The zero-order chi connectivity index (χ0) is 12.6. The molecule has 0 spiro atoms. The molecule has 0 aromatic heterocycles. The quantitative estimate of drug-likeness (QED) is 0.642. The van der Waals surface area contributed by atoms with E-state index in [2.05, 4.69) is 31.9 Å². The Kier molecular flexibility index (Phi) is 3.36. The van der Waals surface area contributed by atoms with Gasteiger partial charge in [-0.2, -0.15) is 5.10 Å². The van der Waals surface area contributed by atoms with Crippen LogP contribution in [0.5, 0.6) is 0 Å². The molecule has 0 aromatic rings. The monoisotopic (exact) mass is 234 g/mol. The van der Waals surface area contributed by atoms with Gasteiger partial charge in [-0.05, 0) is 31.1 Å². The lowest BCUT2D eigenvalue weighted by Gasteiger charge is -2.39. The number of hydrogen-bond donors (Lipinski definition) is 0. The molecule has 2 aliphatic rings. The first kappa shape index (κ1) is 12.3. The van der Waals surface area contributed by atoms with Gasteiger partial charge in [-0.3, -0.25) is 4.79 Å². The van der Waals surface area contributed by atoms with E-state index in [-0.39, 0.29) is 11.9 Å². The molecule has 3 nitrogen and oxygen atoms in total. The molecule has 17 heavy (non-hydrogen) atoms. The normalized spacial score (nSPS) is 37.2. The number of carbonyl (C=O) groups excluding carboxylic acids is 1. The van der Waals surface area contributed by atoms with Crippen LogP contribution in [0.4, 0.5) is 0 Å². The van der Waals surface area contributed by atoms with Gasteiger partial charge in [0.1, 0.15) is 0 Å². The van der Waals surface area contributed by atoms with E-state index in [4.69, 9.17) is 0 Å². The molecular formula is C14H22N2O. The zero-order valence-corrected chi connectivity index (χ0v) is 11.2. The van der Waals surface area contributed by atoms with E-state index in [9.17, 15) is 4.79 Å². The number of rotatable bonds is 1. The Bertz CT molecular complexity index is 372. The van der Waals surface area contributed by atoms with E-state index < -0.39 is 0 Å². The summed E-state index contributed by atoms with van der Waals surface area (Å²) >= 11 is 0. The van der Waals surface area contributed by atoms with Crippen LogP contribution in [-0.2, 0) is 4.79 Å². The van der Waals surface area contributed by atoms with Crippen LogP contribution in [0.2, 0.25) is 0 Å². The van der Waals surface area contributed by atoms with Gasteiger partial charge in [0.2, 0.25) is 5.91 Å². The summed E-state index contributed by atoms with van der Waals surface area (Å²) in [6.45, 7) is 8.38. The Hall–Kier alpha value is -1.12. The summed E-state index contributed by atoms with van der Waals surface area (Å²) in [5.74, 6) is 1.76. The maximum atomic E-state index is 11.6. The average Bonchev–Trinajstić information content (AvgIpc) is 2.64. The third-order valence-electron chi connectivity index (χ3n) is 4.09. The molecule has 0 unspecified atom stereocenters. The molecule has 0 saturated carbocycles. The van der Waals surface area contributed by atoms with Crippen molar-refractivity contribution in [2.45, 2.75) is 46.6 Å². The maximum Gasteiger partial charge on any atom is 0.239 e. The first-order valence-corrected chi connectivity index (χ1v) is 6.50. The van der Waals surface area contributed by atoms with Gasteiger partial charge in [-0.15, -0.1) is 0 Å². The molecule has 0 N–H and O–H groups in total. The van der Waals surface area contributed by atoms with Gasteiger partial charge < -0.3 is 0 Å². The molecule has 0 aromatic carbocycles. The molecule has 0 radical (unpaired) electrons. The van der Waals surface area contributed by atoms with E-state index in [0.717, 1.165) is 12.8 Å². The largest absolute Gasteiger partial charge is 0.273 e. The van der Waals surface area contributed by atoms with Gasteiger partial charge in [-0.1, -0.05) is 25.5 Å². The van der Waals surface area contributed by atoms with Crippen LogP contribution in [-0.4, -0.2) is 23.2 Å². The molecular weight excluding hydrogens is 212 g/mol. The minimum absolute atomic E-state index is 0.0643. The lowest BCUT2D eigenvalue weighted by atomic mass is 9.70. The second kappa shape index (κ2) is 4.63. The minimum Gasteiger partial charge on any atom is -0.273 e. The molecule has 1 aliphatic carbocycles. The number of allylic oxidation sites excluding steroid dienone is 2. The summed E-state index contributed by atoms with van der Waals surface area (Å²) in [6, 6.07) is 0.266. The number of hydrazone groups is 1. The molecule has 2 rings (SSSR count). The van der Waals surface area contributed by atoms with E-state index in [1.54, 1.807) is 11.9 Å². The smallest absolute Gasteiger partial charge is 0.239 e. The van der Waals surface area contributed by atoms with E-state index in [1.165, 1.54) is 5.57 Å². The Morgan fingerprint density at radius 3 is 2.76 bits per heavy atom. The summed E-state index contributed by atoms with van der Waals surface area (Å²) in [7, 11) is 0. The lowest BCUT2D eigenvalue weighted by Crippen LogP contribution is -2.43. The van der Waals surface area contributed by atoms with E-state index >= 15 is 0 Å². The van der Waals surface area contributed by atoms with Crippen molar-refractivity contribution in [2.24, 2.45) is 22.9 Å². The maximum absolute atomic E-state index is 11.6. The fourth-order valence-electron chi connectivity index (χ4n) is 3.58. The highest BCUT2D eigenvalue weighted by atomic mass is 16.2. The summed E-state index contributed by atoms with van der Waals surface area (Å²) in [4.78, 5) is 11.6. The molecule has 0 fully saturated rings. The highest BCUT2D eigenvalue weighted by Gasteiger charge is 2.39. The average molecular weight is 234 g/mol. The summed E-state index contributed by atoms with van der Waals surface area (Å²) in [5.41, 5.74) is 1.48. The van der Waals surface area contributed by atoms with Gasteiger partial charge in [0.05, 0.1) is 6.04 Å².